The summed E-state index contributed by atoms with van der Waals surface area (Å²) in [7, 11) is 0. The zero-order chi connectivity index (χ0) is 19.1. The van der Waals surface area contributed by atoms with Gasteiger partial charge in [-0.25, -0.2) is 14.4 Å². The van der Waals surface area contributed by atoms with Crippen LogP contribution in [0.15, 0.2) is 46.1 Å². The molecule has 0 bridgehead atoms. The fourth-order valence-electron chi connectivity index (χ4n) is 2.98. The number of piperazine rings is 1. The number of halogens is 2. The van der Waals surface area contributed by atoms with E-state index >= 15 is 0 Å². The molecule has 0 radical (unpaired) electrons. The molecule has 1 N–H and O–H groups in total. The third-order valence-corrected chi connectivity index (χ3v) is 5.00. The number of aliphatic imine (C=N–C) groups is 1. The minimum Gasteiger partial charge on any atom is -0.357 e. The van der Waals surface area contributed by atoms with Crippen molar-refractivity contribution in [2.45, 2.75) is 13.3 Å². The van der Waals surface area contributed by atoms with E-state index < -0.39 is 0 Å². The van der Waals surface area contributed by atoms with E-state index in [1.807, 2.05) is 12.1 Å². The first-order valence-corrected chi connectivity index (χ1v) is 9.96. The summed E-state index contributed by atoms with van der Waals surface area (Å²) in [5.74, 6) is 1.46. The van der Waals surface area contributed by atoms with Crippen molar-refractivity contribution in [3.8, 4) is 0 Å². The summed E-state index contributed by atoms with van der Waals surface area (Å²) in [5.41, 5.74) is 1.06. The lowest BCUT2D eigenvalue weighted by Gasteiger charge is -2.36. The topological polar surface area (TPSA) is 56.7 Å². The van der Waals surface area contributed by atoms with Crippen molar-refractivity contribution in [1.29, 1.82) is 0 Å². The molecule has 0 amide bonds. The van der Waals surface area contributed by atoms with Gasteiger partial charge in [-0.1, -0.05) is 6.07 Å². The standard InChI is InChI=1S/C19H24BrFN6/c1-2-22-18(25-9-6-15-4-5-17(21)16(20)14-15)26-10-12-27(13-11-26)19-23-7-3-8-24-19/h3-5,7-8,14H,2,6,9-13H2,1H3,(H,22,25). The monoisotopic (exact) mass is 434 g/mol. The Morgan fingerprint density at radius 3 is 2.63 bits per heavy atom. The van der Waals surface area contributed by atoms with Crippen LogP contribution >= 0.6 is 15.9 Å². The Hall–Kier alpha value is -2.22. The second kappa shape index (κ2) is 9.64. The Kier molecular flexibility index (Phi) is 6.98. The molecule has 0 unspecified atom stereocenters. The third-order valence-electron chi connectivity index (χ3n) is 4.40. The van der Waals surface area contributed by atoms with Gasteiger partial charge < -0.3 is 15.1 Å². The molecule has 144 valence electrons. The molecule has 0 spiro atoms. The zero-order valence-electron chi connectivity index (χ0n) is 15.4. The molecule has 1 aromatic heterocycles. The molecule has 6 nitrogen and oxygen atoms in total. The maximum Gasteiger partial charge on any atom is 0.225 e. The molecule has 1 fully saturated rings. The summed E-state index contributed by atoms with van der Waals surface area (Å²) >= 11 is 3.23. The van der Waals surface area contributed by atoms with E-state index in [1.165, 1.54) is 6.07 Å². The van der Waals surface area contributed by atoms with Crippen molar-refractivity contribution in [2.24, 2.45) is 4.99 Å². The van der Waals surface area contributed by atoms with Crippen LogP contribution in [0, 0.1) is 5.82 Å². The highest BCUT2D eigenvalue weighted by molar-refractivity contribution is 9.10. The van der Waals surface area contributed by atoms with Gasteiger partial charge in [0.05, 0.1) is 4.47 Å². The average molecular weight is 435 g/mol. The van der Waals surface area contributed by atoms with E-state index in [1.54, 1.807) is 18.5 Å². The summed E-state index contributed by atoms with van der Waals surface area (Å²) in [6.45, 7) is 7.00. The minimum absolute atomic E-state index is 0.240. The number of hydrogen-bond acceptors (Lipinski definition) is 4. The first-order valence-electron chi connectivity index (χ1n) is 9.16. The van der Waals surface area contributed by atoms with Gasteiger partial charge in [0.1, 0.15) is 5.82 Å². The molecular formula is C19H24BrFN6. The van der Waals surface area contributed by atoms with Crippen LogP contribution < -0.4 is 10.2 Å². The normalized spacial score (nSPS) is 15.1. The van der Waals surface area contributed by atoms with Crippen LogP contribution in [0.25, 0.3) is 0 Å². The van der Waals surface area contributed by atoms with Crippen molar-refractivity contribution in [1.82, 2.24) is 20.2 Å². The third kappa shape index (κ3) is 5.38. The molecule has 8 heteroatoms. The lowest BCUT2D eigenvalue weighted by molar-refractivity contribution is 0.370. The SMILES string of the molecule is CCNC(=NCCc1ccc(F)c(Br)c1)N1CCN(c2ncccn2)CC1. The van der Waals surface area contributed by atoms with Crippen LogP contribution in [0.2, 0.25) is 0 Å². The van der Waals surface area contributed by atoms with Crippen LogP contribution in [-0.4, -0.2) is 60.1 Å². The van der Waals surface area contributed by atoms with Gasteiger partial charge in [-0.3, -0.25) is 4.99 Å². The highest BCUT2D eigenvalue weighted by atomic mass is 79.9. The number of nitrogens with one attached hydrogen (secondary N) is 1. The zero-order valence-corrected chi connectivity index (χ0v) is 17.0. The lowest BCUT2D eigenvalue weighted by atomic mass is 10.1. The fourth-order valence-corrected chi connectivity index (χ4v) is 3.41. The molecule has 1 aliphatic rings. The summed E-state index contributed by atoms with van der Waals surface area (Å²) in [4.78, 5) is 17.9. The van der Waals surface area contributed by atoms with Gasteiger partial charge in [0.15, 0.2) is 5.96 Å². The molecular weight excluding hydrogens is 411 g/mol. The molecule has 2 heterocycles. The summed E-state index contributed by atoms with van der Waals surface area (Å²) in [6.07, 6.45) is 4.31. The smallest absolute Gasteiger partial charge is 0.225 e. The maximum atomic E-state index is 13.3. The van der Waals surface area contributed by atoms with E-state index in [4.69, 9.17) is 4.99 Å². The second-order valence-corrected chi connectivity index (χ2v) is 7.11. The van der Waals surface area contributed by atoms with E-state index in [0.717, 1.165) is 56.6 Å². The summed E-state index contributed by atoms with van der Waals surface area (Å²) < 4.78 is 13.8. The van der Waals surface area contributed by atoms with Gasteiger partial charge >= 0.3 is 0 Å². The van der Waals surface area contributed by atoms with E-state index in [2.05, 4.69) is 47.9 Å². The number of aromatic nitrogens is 2. The molecule has 1 aromatic carbocycles. The number of rotatable bonds is 5. The van der Waals surface area contributed by atoms with E-state index in [0.29, 0.717) is 11.0 Å². The molecule has 1 aliphatic heterocycles. The van der Waals surface area contributed by atoms with Gasteiger partial charge in [0.25, 0.3) is 0 Å². The molecule has 3 rings (SSSR count). The number of anilines is 1. The van der Waals surface area contributed by atoms with Crippen molar-refractivity contribution in [3.63, 3.8) is 0 Å². The van der Waals surface area contributed by atoms with Crippen LogP contribution in [0.1, 0.15) is 12.5 Å². The minimum atomic E-state index is -0.240. The number of hydrogen-bond donors (Lipinski definition) is 1. The maximum absolute atomic E-state index is 13.3. The van der Waals surface area contributed by atoms with Gasteiger partial charge in [-0.15, -0.1) is 0 Å². The van der Waals surface area contributed by atoms with Crippen LogP contribution in [0.5, 0.6) is 0 Å². The Morgan fingerprint density at radius 1 is 1.22 bits per heavy atom. The van der Waals surface area contributed by atoms with Gasteiger partial charge in [0.2, 0.25) is 5.95 Å². The first-order chi connectivity index (χ1) is 13.2. The Morgan fingerprint density at radius 2 is 1.96 bits per heavy atom. The van der Waals surface area contributed by atoms with Crippen LogP contribution in [-0.2, 0) is 6.42 Å². The summed E-state index contributed by atoms with van der Waals surface area (Å²) in [5, 5.41) is 3.37. The number of nitrogens with zero attached hydrogens (tertiary/aromatic N) is 5. The van der Waals surface area contributed by atoms with Gasteiger partial charge in [0, 0.05) is 51.7 Å². The molecule has 0 atom stereocenters. The lowest BCUT2D eigenvalue weighted by Crippen LogP contribution is -2.53. The average Bonchev–Trinajstić information content (AvgIpc) is 2.71. The number of benzene rings is 1. The predicted molar refractivity (Wildman–Crippen MR) is 110 cm³/mol. The quantitative estimate of drug-likeness (QED) is 0.578. The van der Waals surface area contributed by atoms with Gasteiger partial charge in [-0.05, 0) is 53.0 Å². The first kappa shape index (κ1) is 19.5. The van der Waals surface area contributed by atoms with Gasteiger partial charge in [-0.2, -0.15) is 0 Å². The van der Waals surface area contributed by atoms with Crippen LogP contribution in [0.4, 0.5) is 10.3 Å². The van der Waals surface area contributed by atoms with Crippen molar-refractivity contribution >= 4 is 27.8 Å². The largest absolute Gasteiger partial charge is 0.357 e. The number of guanidine groups is 1. The highest BCUT2D eigenvalue weighted by Crippen LogP contribution is 2.17. The summed E-state index contributed by atoms with van der Waals surface area (Å²) in [6, 6.07) is 6.94. The van der Waals surface area contributed by atoms with Crippen molar-refractivity contribution < 1.29 is 4.39 Å². The van der Waals surface area contributed by atoms with Crippen molar-refractivity contribution in [2.75, 3.05) is 44.2 Å². The Bertz CT molecular complexity index is 762. The Labute approximate surface area is 167 Å². The predicted octanol–water partition coefficient (Wildman–Crippen LogP) is 2.71. The van der Waals surface area contributed by atoms with E-state index in [-0.39, 0.29) is 5.82 Å². The van der Waals surface area contributed by atoms with E-state index in [9.17, 15) is 4.39 Å². The highest BCUT2D eigenvalue weighted by Gasteiger charge is 2.20. The van der Waals surface area contributed by atoms with Crippen LogP contribution in [0.3, 0.4) is 0 Å². The molecule has 2 aromatic rings. The second-order valence-electron chi connectivity index (χ2n) is 6.26. The fraction of sp³-hybridized carbons (Fsp3) is 0.421. The molecule has 27 heavy (non-hydrogen) atoms. The Balaban J connectivity index is 1.56. The van der Waals surface area contributed by atoms with Crippen molar-refractivity contribution in [3.05, 3.63) is 52.5 Å². The molecule has 0 saturated carbocycles. The molecule has 0 aliphatic carbocycles. The molecule has 1 saturated heterocycles.